The molecule has 0 spiro atoms. The smallest absolute Gasteiger partial charge is 0.275 e. The lowest BCUT2D eigenvalue weighted by atomic mass is 9.96. The molecule has 5 nitrogen and oxygen atoms in total. The molecule has 0 radical (unpaired) electrons. The molecule has 1 aromatic heterocycles. The van der Waals surface area contributed by atoms with Crippen molar-refractivity contribution in [3.8, 4) is 0 Å². The van der Waals surface area contributed by atoms with Crippen molar-refractivity contribution in [1.82, 2.24) is 9.62 Å². The van der Waals surface area contributed by atoms with Crippen LogP contribution < -0.4 is 5.32 Å². The average Bonchev–Trinajstić information content (AvgIpc) is 2.98. The lowest BCUT2D eigenvalue weighted by Gasteiger charge is -2.22. The van der Waals surface area contributed by atoms with Gasteiger partial charge in [0.15, 0.2) is 0 Å². The van der Waals surface area contributed by atoms with Crippen LogP contribution in [0.2, 0.25) is 0 Å². The van der Waals surface area contributed by atoms with Crippen molar-refractivity contribution < 1.29 is 17.2 Å². The second-order valence-electron chi connectivity index (χ2n) is 6.16. The van der Waals surface area contributed by atoms with Crippen LogP contribution in [0, 0.1) is 11.7 Å². The average molecular weight is 354 g/mol. The molecule has 1 N–H and O–H groups in total. The minimum Gasteiger partial charge on any atom is -0.447 e. The van der Waals surface area contributed by atoms with E-state index < -0.39 is 10.0 Å². The molecule has 0 saturated carbocycles. The predicted octanol–water partition coefficient (Wildman–Crippen LogP) is 3.16. The number of hydrogen-bond donors (Lipinski definition) is 1. The molecule has 0 bridgehead atoms. The molecule has 2 aromatic rings. The molecule has 7 heteroatoms. The van der Waals surface area contributed by atoms with Crippen LogP contribution in [-0.2, 0) is 16.6 Å². The summed E-state index contributed by atoms with van der Waals surface area (Å²) >= 11 is 0. The van der Waals surface area contributed by atoms with E-state index in [-0.39, 0.29) is 22.9 Å². The summed E-state index contributed by atoms with van der Waals surface area (Å²) in [5, 5.41) is 3.26. The Bertz CT molecular complexity index is 767. The van der Waals surface area contributed by atoms with Crippen LogP contribution in [0.4, 0.5) is 4.39 Å². The highest BCUT2D eigenvalue weighted by Crippen LogP contribution is 2.23. The maximum Gasteiger partial charge on any atom is 0.275 e. The zero-order chi connectivity index (χ0) is 17.9. The Morgan fingerprint density at radius 2 is 1.75 bits per heavy atom. The van der Waals surface area contributed by atoms with Gasteiger partial charge in [0, 0.05) is 20.1 Å². The first-order chi connectivity index (χ1) is 11.2. The molecule has 0 aliphatic heterocycles. The number of furan rings is 1. The molecule has 0 aliphatic carbocycles. The zero-order valence-electron chi connectivity index (χ0n) is 14.3. The standard InChI is InChI=1S/C17H23FN2O3S/c1-12(2)17(13-5-7-14(18)8-6-13)19-11-15-9-10-16(23-15)24(21,22)20(3)4/h5-10,12,17,19H,11H2,1-4H3/t17-/m0/s1. The maximum absolute atomic E-state index is 13.1. The quantitative estimate of drug-likeness (QED) is 0.830. The summed E-state index contributed by atoms with van der Waals surface area (Å²) in [6.45, 7) is 4.50. The van der Waals surface area contributed by atoms with Crippen molar-refractivity contribution >= 4 is 10.0 Å². The van der Waals surface area contributed by atoms with Gasteiger partial charge in [-0.15, -0.1) is 0 Å². The van der Waals surface area contributed by atoms with E-state index in [1.807, 2.05) is 0 Å². The van der Waals surface area contributed by atoms with Gasteiger partial charge in [0.2, 0.25) is 5.09 Å². The van der Waals surface area contributed by atoms with Gasteiger partial charge < -0.3 is 9.73 Å². The minimum absolute atomic E-state index is 0.00426. The maximum atomic E-state index is 13.1. The Kier molecular flexibility index (Phi) is 5.79. The monoisotopic (exact) mass is 354 g/mol. The lowest BCUT2D eigenvalue weighted by molar-refractivity contribution is 0.355. The summed E-state index contributed by atoms with van der Waals surface area (Å²) in [5.74, 6) is 0.532. The number of rotatable bonds is 7. The number of sulfonamides is 1. The van der Waals surface area contributed by atoms with Gasteiger partial charge in [-0.05, 0) is 35.7 Å². The van der Waals surface area contributed by atoms with E-state index in [4.69, 9.17) is 4.42 Å². The summed E-state index contributed by atoms with van der Waals surface area (Å²) in [7, 11) is -0.656. The first-order valence-corrected chi connectivity index (χ1v) is 9.16. The van der Waals surface area contributed by atoms with E-state index in [0.29, 0.717) is 12.3 Å². The molecule has 0 unspecified atom stereocenters. The fraction of sp³-hybridized carbons (Fsp3) is 0.412. The number of nitrogens with zero attached hydrogens (tertiary/aromatic N) is 1. The summed E-state index contributed by atoms with van der Waals surface area (Å²) in [6.07, 6.45) is 0. The van der Waals surface area contributed by atoms with Crippen LogP contribution in [0.3, 0.4) is 0 Å². The topological polar surface area (TPSA) is 62.6 Å². The molecule has 0 fully saturated rings. The van der Waals surface area contributed by atoms with E-state index >= 15 is 0 Å². The third-order valence-electron chi connectivity index (χ3n) is 3.76. The van der Waals surface area contributed by atoms with Gasteiger partial charge in [-0.3, -0.25) is 0 Å². The molecule has 24 heavy (non-hydrogen) atoms. The first-order valence-electron chi connectivity index (χ1n) is 7.72. The molecule has 1 atom stereocenters. The highest BCUT2D eigenvalue weighted by molar-refractivity contribution is 7.88. The zero-order valence-corrected chi connectivity index (χ0v) is 15.1. The van der Waals surface area contributed by atoms with Crippen LogP contribution in [0.5, 0.6) is 0 Å². The Hall–Kier alpha value is -1.70. The first kappa shape index (κ1) is 18.6. The van der Waals surface area contributed by atoms with Crippen LogP contribution in [0.1, 0.15) is 31.2 Å². The SMILES string of the molecule is CC(C)[C@H](NCc1ccc(S(=O)(=O)N(C)C)o1)c1ccc(F)cc1. The number of benzene rings is 1. The van der Waals surface area contributed by atoms with Crippen molar-refractivity contribution in [3.05, 3.63) is 53.5 Å². The van der Waals surface area contributed by atoms with E-state index in [1.165, 1.54) is 32.3 Å². The third kappa shape index (κ3) is 4.23. The van der Waals surface area contributed by atoms with Gasteiger partial charge >= 0.3 is 0 Å². The van der Waals surface area contributed by atoms with E-state index in [2.05, 4.69) is 19.2 Å². The van der Waals surface area contributed by atoms with Crippen molar-refractivity contribution in [2.24, 2.45) is 5.92 Å². The molecular weight excluding hydrogens is 331 g/mol. The summed E-state index contributed by atoms with van der Waals surface area (Å²) in [6, 6.07) is 9.46. The molecule has 132 valence electrons. The normalized spacial score (nSPS) is 13.6. The van der Waals surface area contributed by atoms with Crippen molar-refractivity contribution in [2.75, 3.05) is 14.1 Å². The number of nitrogens with one attached hydrogen (secondary N) is 1. The highest BCUT2D eigenvalue weighted by atomic mass is 32.2. The van der Waals surface area contributed by atoms with Crippen molar-refractivity contribution in [1.29, 1.82) is 0 Å². The molecule has 1 heterocycles. The Morgan fingerprint density at radius 3 is 2.29 bits per heavy atom. The van der Waals surface area contributed by atoms with E-state index in [0.717, 1.165) is 9.87 Å². The van der Waals surface area contributed by atoms with Crippen molar-refractivity contribution in [2.45, 2.75) is 31.5 Å². The fourth-order valence-corrected chi connectivity index (χ4v) is 3.20. The minimum atomic E-state index is -3.57. The van der Waals surface area contributed by atoms with Gasteiger partial charge in [0.25, 0.3) is 10.0 Å². The van der Waals surface area contributed by atoms with Gasteiger partial charge in [-0.2, -0.15) is 0 Å². The number of hydrogen-bond acceptors (Lipinski definition) is 4. The van der Waals surface area contributed by atoms with Crippen LogP contribution >= 0.6 is 0 Å². The summed E-state index contributed by atoms with van der Waals surface area (Å²) < 4.78 is 43.7. The van der Waals surface area contributed by atoms with Crippen LogP contribution in [0.25, 0.3) is 0 Å². The van der Waals surface area contributed by atoms with Crippen LogP contribution in [-0.4, -0.2) is 26.8 Å². The van der Waals surface area contributed by atoms with E-state index in [1.54, 1.807) is 18.2 Å². The highest BCUT2D eigenvalue weighted by Gasteiger charge is 2.22. The molecule has 0 aliphatic rings. The molecule has 0 saturated heterocycles. The number of halogens is 1. The largest absolute Gasteiger partial charge is 0.447 e. The van der Waals surface area contributed by atoms with Crippen molar-refractivity contribution in [3.63, 3.8) is 0 Å². The van der Waals surface area contributed by atoms with Gasteiger partial charge in [0.05, 0.1) is 6.54 Å². The lowest BCUT2D eigenvalue weighted by Crippen LogP contribution is -2.25. The summed E-state index contributed by atoms with van der Waals surface area (Å²) in [4.78, 5) is 0. The third-order valence-corrected chi connectivity index (χ3v) is 5.45. The van der Waals surface area contributed by atoms with E-state index in [9.17, 15) is 12.8 Å². The van der Waals surface area contributed by atoms with Gasteiger partial charge in [0.1, 0.15) is 11.6 Å². The van der Waals surface area contributed by atoms with Crippen LogP contribution in [0.15, 0.2) is 45.9 Å². The summed E-state index contributed by atoms with van der Waals surface area (Å²) in [5.41, 5.74) is 0.971. The van der Waals surface area contributed by atoms with Gasteiger partial charge in [-0.1, -0.05) is 26.0 Å². The Labute approximate surface area is 142 Å². The second-order valence-corrected chi connectivity index (χ2v) is 8.25. The molecule has 2 rings (SSSR count). The fourth-order valence-electron chi connectivity index (χ4n) is 2.39. The Balaban J connectivity index is 2.11. The van der Waals surface area contributed by atoms with Gasteiger partial charge in [-0.25, -0.2) is 17.1 Å². The predicted molar refractivity (Wildman–Crippen MR) is 90.4 cm³/mol. The second kappa shape index (κ2) is 7.46. The Morgan fingerprint density at radius 1 is 1.12 bits per heavy atom. The molecule has 0 amide bonds. The molecule has 1 aromatic carbocycles. The molecular formula is C17H23FN2O3S.